The van der Waals surface area contributed by atoms with Crippen molar-refractivity contribution >= 4 is 11.5 Å². The van der Waals surface area contributed by atoms with Crippen molar-refractivity contribution < 1.29 is 14.3 Å². The SMILES string of the molecule is Cc1ccc(C2=C[C@](C(=O)O)(c3cccc(F)c3C)CC2)cn1. The molecule has 0 fully saturated rings. The zero-order chi connectivity index (χ0) is 16.6. The van der Waals surface area contributed by atoms with Gasteiger partial charge in [0.1, 0.15) is 11.2 Å². The molecule has 0 saturated carbocycles. The van der Waals surface area contributed by atoms with Crippen LogP contribution in [0, 0.1) is 19.7 Å². The smallest absolute Gasteiger partial charge is 0.318 e. The van der Waals surface area contributed by atoms with Crippen LogP contribution in [0.4, 0.5) is 4.39 Å². The zero-order valence-corrected chi connectivity index (χ0v) is 13.1. The lowest BCUT2D eigenvalue weighted by atomic mass is 9.78. The molecule has 1 heterocycles. The number of hydrogen-bond acceptors (Lipinski definition) is 2. The maximum absolute atomic E-state index is 13.9. The van der Waals surface area contributed by atoms with E-state index >= 15 is 0 Å². The zero-order valence-electron chi connectivity index (χ0n) is 13.1. The Kier molecular flexibility index (Phi) is 3.76. The lowest BCUT2D eigenvalue weighted by Crippen LogP contribution is -2.32. The Labute approximate surface area is 134 Å². The van der Waals surface area contributed by atoms with Gasteiger partial charge >= 0.3 is 5.97 Å². The van der Waals surface area contributed by atoms with Crippen molar-refractivity contribution in [2.75, 3.05) is 0 Å². The molecule has 0 bridgehead atoms. The molecular weight excluding hydrogens is 293 g/mol. The average Bonchev–Trinajstić information content (AvgIpc) is 2.97. The summed E-state index contributed by atoms with van der Waals surface area (Å²) in [4.78, 5) is 16.3. The van der Waals surface area contributed by atoms with E-state index in [0.717, 1.165) is 16.8 Å². The van der Waals surface area contributed by atoms with Crippen molar-refractivity contribution in [1.29, 1.82) is 0 Å². The number of halogens is 1. The Morgan fingerprint density at radius 1 is 1.26 bits per heavy atom. The van der Waals surface area contributed by atoms with Gasteiger partial charge in [-0.2, -0.15) is 0 Å². The Balaban J connectivity index is 2.12. The van der Waals surface area contributed by atoms with E-state index in [9.17, 15) is 14.3 Å². The van der Waals surface area contributed by atoms with Crippen LogP contribution in [-0.4, -0.2) is 16.1 Å². The fraction of sp³-hybridized carbons (Fsp3) is 0.263. The van der Waals surface area contributed by atoms with Crippen molar-refractivity contribution in [3.05, 3.63) is 70.8 Å². The molecule has 0 spiro atoms. The molecule has 23 heavy (non-hydrogen) atoms. The van der Waals surface area contributed by atoms with E-state index in [1.54, 1.807) is 31.3 Å². The van der Waals surface area contributed by atoms with Crippen LogP contribution in [0.3, 0.4) is 0 Å². The second kappa shape index (κ2) is 5.61. The van der Waals surface area contributed by atoms with Gasteiger partial charge in [0.2, 0.25) is 0 Å². The molecular formula is C19H18FNO2. The third-order valence-electron chi connectivity index (χ3n) is 4.62. The van der Waals surface area contributed by atoms with E-state index in [4.69, 9.17) is 0 Å². The topological polar surface area (TPSA) is 50.2 Å². The van der Waals surface area contributed by atoms with Crippen molar-refractivity contribution in [1.82, 2.24) is 4.98 Å². The van der Waals surface area contributed by atoms with Gasteiger partial charge in [0.05, 0.1) is 0 Å². The number of benzene rings is 1. The summed E-state index contributed by atoms with van der Waals surface area (Å²) in [6.07, 6.45) is 4.59. The quantitative estimate of drug-likeness (QED) is 0.931. The molecule has 0 radical (unpaired) electrons. The van der Waals surface area contributed by atoms with Crippen molar-refractivity contribution in [2.45, 2.75) is 32.1 Å². The monoisotopic (exact) mass is 311 g/mol. The lowest BCUT2D eigenvalue weighted by molar-refractivity contribution is -0.141. The summed E-state index contributed by atoms with van der Waals surface area (Å²) in [6.45, 7) is 3.54. The van der Waals surface area contributed by atoms with E-state index in [1.807, 2.05) is 19.1 Å². The molecule has 0 amide bonds. The summed E-state index contributed by atoms with van der Waals surface area (Å²) in [5.41, 5.74) is 2.54. The molecule has 0 saturated heterocycles. The number of rotatable bonds is 3. The average molecular weight is 311 g/mol. The van der Waals surface area contributed by atoms with Crippen molar-refractivity contribution in [3.63, 3.8) is 0 Å². The van der Waals surface area contributed by atoms with Crippen LogP contribution >= 0.6 is 0 Å². The van der Waals surface area contributed by atoms with Gasteiger partial charge in [-0.05, 0) is 61.1 Å². The summed E-state index contributed by atoms with van der Waals surface area (Å²) in [7, 11) is 0. The molecule has 118 valence electrons. The van der Waals surface area contributed by atoms with Crippen LogP contribution in [0.5, 0.6) is 0 Å². The first-order chi connectivity index (χ1) is 10.9. The number of aliphatic carboxylic acids is 1. The fourth-order valence-electron chi connectivity index (χ4n) is 3.25. The standard InChI is InChI=1S/C19H18FNO2/c1-12-6-7-15(11-21-12)14-8-9-19(10-14,18(22)23)16-4-3-5-17(20)13(16)2/h3-7,10-11H,8-9H2,1-2H3,(H,22,23)/t19-/m0/s1. The van der Waals surface area contributed by atoms with Crippen LogP contribution in [0.15, 0.2) is 42.6 Å². The Bertz CT molecular complexity index is 796. The first kappa shape index (κ1) is 15.4. The van der Waals surface area contributed by atoms with Gasteiger partial charge in [-0.25, -0.2) is 4.39 Å². The maximum Gasteiger partial charge on any atom is 0.318 e. The summed E-state index contributed by atoms with van der Waals surface area (Å²) in [5.74, 6) is -1.32. The highest BCUT2D eigenvalue weighted by Crippen LogP contribution is 2.44. The number of carboxylic acid groups (broad SMARTS) is 1. The van der Waals surface area contributed by atoms with Crippen LogP contribution in [0.1, 0.15) is 35.2 Å². The Morgan fingerprint density at radius 3 is 2.70 bits per heavy atom. The number of allylic oxidation sites excluding steroid dienone is 1. The normalized spacial score (nSPS) is 20.4. The number of nitrogens with zero attached hydrogens (tertiary/aromatic N) is 1. The molecule has 1 aromatic heterocycles. The molecule has 3 nitrogen and oxygen atoms in total. The number of carbonyl (C=O) groups is 1. The van der Waals surface area contributed by atoms with Crippen molar-refractivity contribution in [3.8, 4) is 0 Å². The first-order valence-corrected chi connectivity index (χ1v) is 7.58. The van der Waals surface area contributed by atoms with E-state index < -0.39 is 11.4 Å². The lowest BCUT2D eigenvalue weighted by Gasteiger charge is -2.24. The van der Waals surface area contributed by atoms with Crippen LogP contribution in [0.2, 0.25) is 0 Å². The van der Waals surface area contributed by atoms with Gasteiger partial charge < -0.3 is 5.11 Å². The van der Waals surface area contributed by atoms with Crippen molar-refractivity contribution in [2.24, 2.45) is 0 Å². The number of hydrogen-bond donors (Lipinski definition) is 1. The van der Waals surface area contributed by atoms with E-state index in [1.165, 1.54) is 6.07 Å². The molecule has 1 N–H and O–H groups in total. The van der Waals surface area contributed by atoms with Gasteiger partial charge in [-0.1, -0.05) is 24.3 Å². The predicted octanol–water partition coefficient (Wildman–Crippen LogP) is 4.04. The highest BCUT2D eigenvalue weighted by Gasteiger charge is 2.43. The minimum atomic E-state index is -1.17. The highest BCUT2D eigenvalue weighted by atomic mass is 19.1. The third kappa shape index (κ3) is 2.54. The fourth-order valence-corrected chi connectivity index (χ4v) is 3.25. The molecule has 0 aliphatic heterocycles. The van der Waals surface area contributed by atoms with E-state index in [0.29, 0.717) is 24.0 Å². The molecule has 1 aromatic carbocycles. The van der Waals surface area contributed by atoms with Gasteiger partial charge in [-0.3, -0.25) is 9.78 Å². The number of aromatic nitrogens is 1. The second-order valence-electron chi connectivity index (χ2n) is 6.05. The third-order valence-corrected chi connectivity index (χ3v) is 4.62. The molecule has 3 rings (SSSR count). The number of aryl methyl sites for hydroxylation is 1. The molecule has 0 unspecified atom stereocenters. The molecule has 1 atom stereocenters. The largest absolute Gasteiger partial charge is 0.480 e. The van der Waals surface area contributed by atoms with Crippen LogP contribution in [0.25, 0.3) is 5.57 Å². The number of pyridine rings is 1. The molecule has 1 aliphatic carbocycles. The minimum absolute atomic E-state index is 0.373. The second-order valence-corrected chi connectivity index (χ2v) is 6.05. The molecule has 2 aromatic rings. The Morgan fingerprint density at radius 2 is 2.04 bits per heavy atom. The number of carboxylic acids is 1. The summed E-state index contributed by atoms with van der Waals surface area (Å²) < 4.78 is 13.9. The van der Waals surface area contributed by atoms with Gasteiger partial charge in [0.15, 0.2) is 0 Å². The Hall–Kier alpha value is -2.49. The minimum Gasteiger partial charge on any atom is -0.480 e. The van der Waals surface area contributed by atoms with Crippen LogP contribution in [-0.2, 0) is 10.2 Å². The molecule has 1 aliphatic rings. The van der Waals surface area contributed by atoms with Gasteiger partial charge in [0.25, 0.3) is 0 Å². The maximum atomic E-state index is 13.9. The van der Waals surface area contributed by atoms with Crippen LogP contribution < -0.4 is 0 Å². The summed E-state index contributed by atoms with van der Waals surface area (Å²) in [5, 5.41) is 9.86. The first-order valence-electron chi connectivity index (χ1n) is 7.58. The van der Waals surface area contributed by atoms with E-state index in [2.05, 4.69) is 4.98 Å². The molecule has 4 heteroatoms. The van der Waals surface area contributed by atoms with E-state index in [-0.39, 0.29) is 5.82 Å². The predicted molar refractivity (Wildman–Crippen MR) is 86.6 cm³/mol. The van der Waals surface area contributed by atoms with Gasteiger partial charge in [0, 0.05) is 11.9 Å². The van der Waals surface area contributed by atoms with Gasteiger partial charge in [-0.15, -0.1) is 0 Å². The highest BCUT2D eigenvalue weighted by molar-refractivity contribution is 5.90. The summed E-state index contributed by atoms with van der Waals surface area (Å²) in [6, 6.07) is 8.49. The summed E-state index contributed by atoms with van der Waals surface area (Å²) >= 11 is 0.